The van der Waals surface area contributed by atoms with Crippen molar-refractivity contribution in [1.82, 2.24) is 4.57 Å². The molecule has 0 atom stereocenters. The minimum absolute atomic E-state index is 0.286. The monoisotopic (exact) mass is 199 g/mol. The van der Waals surface area contributed by atoms with Gasteiger partial charge in [0.1, 0.15) is 5.56 Å². The predicted octanol–water partition coefficient (Wildman–Crippen LogP) is 0.906. The van der Waals surface area contributed by atoms with Crippen molar-refractivity contribution in [2.45, 2.75) is 13.0 Å². The number of carboxylic acid groups (broad SMARTS) is 1. The van der Waals surface area contributed by atoms with Crippen LogP contribution < -0.4 is 5.43 Å². The van der Waals surface area contributed by atoms with Crippen molar-refractivity contribution in [2.24, 2.45) is 0 Å². The molecule has 0 amide bonds. The van der Waals surface area contributed by atoms with Crippen molar-refractivity contribution in [3.63, 3.8) is 0 Å². The Labute approximate surface area is 79.6 Å². The van der Waals surface area contributed by atoms with Gasteiger partial charge in [-0.25, -0.2) is 4.79 Å². The average Bonchev–Trinajstić information content (AvgIpc) is 2.16. The van der Waals surface area contributed by atoms with E-state index in [0.29, 0.717) is 13.0 Å². The van der Waals surface area contributed by atoms with Crippen LogP contribution in [0, 0.1) is 0 Å². The van der Waals surface area contributed by atoms with E-state index < -0.39 is 18.1 Å². The minimum atomic E-state index is -1.26. The fraction of sp³-hybridized carbons (Fsp3) is 0.333. The number of pyridine rings is 1. The number of nitrogens with zero attached hydrogens (tertiary/aromatic N) is 1. The average molecular weight is 199 g/mol. The molecule has 14 heavy (non-hydrogen) atoms. The lowest BCUT2D eigenvalue weighted by atomic mass is 10.2. The maximum absolute atomic E-state index is 11.8. The van der Waals surface area contributed by atoms with Crippen molar-refractivity contribution >= 4 is 5.97 Å². The van der Waals surface area contributed by atoms with Gasteiger partial charge in [0.25, 0.3) is 0 Å². The number of carbonyl (C=O) groups is 1. The lowest BCUT2D eigenvalue weighted by Crippen LogP contribution is -2.16. The van der Waals surface area contributed by atoms with Crippen molar-refractivity contribution in [2.75, 3.05) is 6.67 Å². The molecule has 1 N–H and O–H groups in total. The molecule has 0 fully saturated rings. The number of aryl methyl sites for hydroxylation is 1. The van der Waals surface area contributed by atoms with Crippen LogP contribution in [0.4, 0.5) is 4.39 Å². The first kappa shape index (κ1) is 10.4. The number of aromatic carboxylic acids is 1. The van der Waals surface area contributed by atoms with E-state index in [2.05, 4.69) is 0 Å². The van der Waals surface area contributed by atoms with Crippen molar-refractivity contribution in [1.29, 1.82) is 0 Å². The van der Waals surface area contributed by atoms with Gasteiger partial charge in [0.2, 0.25) is 0 Å². The highest BCUT2D eigenvalue weighted by atomic mass is 19.1. The Balaban J connectivity index is 2.95. The minimum Gasteiger partial charge on any atom is -0.477 e. The zero-order chi connectivity index (χ0) is 10.6. The molecule has 1 rings (SSSR count). The van der Waals surface area contributed by atoms with Gasteiger partial charge >= 0.3 is 5.97 Å². The molecule has 1 aromatic heterocycles. The van der Waals surface area contributed by atoms with E-state index in [-0.39, 0.29) is 5.56 Å². The molecule has 0 aliphatic heterocycles. The molecule has 1 aromatic rings. The number of carboxylic acids is 1. The first-order valence-electron chi connectivity index (χ1n) is 4.14. The number of hydrogen-bond acceptors (Lipinski definition) is 2. The highest BCUT2D eigenvalue weighted by Gasteiger charge is 2.07. The Hall–Kier alpha value is -1.65. The smallest absolute Gasteiger partial charge is 0.341 e. The molecule has 1 heterocycles. The second-order valence-corrected chi connectivity index (χ2v) is 2.81. The van der Waals surface area contributed by atoms with Gasteiger partial charge in [0.05, 0.1) is 6.67 Å². The molecular formula is C9H10FNO3. The highest BCUT2D eigenvalue weighted by Crippen LogP contribution is 1.95. The maximum atomic E-state index is 11.8. The first-order chi connectivity index (χ1) is 6.65. The largest absolute Gasteiger partial charge is 0.477 e. The molecule has 76 valence electrons. The van der Waals surface area contributed by atoms with Crippen LogP contribution in [-0.4, -0.2) is 22.3 Å². The van der Waals surface area contributed by atoms with Gasteiger partial charge in [-0.3, -0.25) is 9.18 Å². The van der Waals surface area contributed by atoms with Gasteiger partial charge in [-0.05, 0) is 6.42 Å². The van der Waals surface area contributed by atoms with Crippen LogP contribution in [0.2, 0.25) is 0 Å². The van der Waals surface area contributed by atoms with E-state index in [1.807, 2.05) is 0 Å². The lowest BCUT2D eigenvalue weighted by molar-refractivity contribution is 0.0694. The van der Waals surface area contributed by atoms with Crippen LogP contribution in [0.3, 0.4) is 0 Å². The Morgan fingerprint density at radius 3 is 2.86 bits per heavy atom. The molecule has 0 spiro atoms. The molecule has 0 aromatic carbocycles. The molecule has 0 unspecified atom stereocenters. The third kappa shape index (κ3) is 2.42. The second-order valence-electron chi connectivity index (χ2n) is 2.81. The fourth-order valence-electron chi connectivity index (χ4n) is 1.07. The zero-order valence-electron chi connectivity index (χ0n) is 7.44. The van der Waals surface area contributed by atoms with Crippen LogP contribution in [0.1, 0.15) is 16.8 Å². The summed E-state index contributed by atoms with van der Waals surface area (Å²) in [5.74, 6) is -1.26. The third-order valence-corrected chi connectivity index (χ3v) is 1.76. The van der Waals surface area contributed by atoms with Gasteiger partial charge in [0.15, 0.2) is 5.43 Å². The van der Waals surface area contributed by atoms with Crippen LogP contribution in [0.15, 0.2) is 23.3 Å². The summed E-state index contributed by atoms with van der Waals surface area (Å²) < 4.78 is 13.3. The maximum Gasteiger partial charge on any atom is 0.341 e. The number of halogens is 1. The number of alkyl halides is 1. The van der Waals surface area contributed by atoms with Gasteiger partial charge < -0.3 is 9.67 Å². The topological polar surface area (TPSA) is 59.3 Å². The zero-order valence-corrected chi connectivity index (χ0v) is 7.44. The molecule has 4 nitrogen and oxygen atoms in total. The summed E-state index contributed by atoms with van der Waals surface area (Å²) in [4.78, 5) is 21.6. The molecule has 0 saturated heterocycles. The van der Waals surface area contributed by atoms with Crippen LogP contribution in [-0.2, 0) is 6.54 Å². The molecule has 0 radical (unpaired) electrons. The van der Waals surface area contributed by atoms with Crippen LogP contribution >= 0.6 is 0 Å². The van der Waals surface area contributed by atoms with E-state index in [0.717, 1.165) is 0 Å². The van der Waals surface area contributed by atoms with Crippen molar-refractivity contribution < 1.29 is 14.3 Å². The molecule has 0 aliphatic rings. The highest BCUT2D eigenvalue weighted by molar-refractivity contribution is 5.86. The Morgan fingerprint density at radius 1 is 1.57 bits per heavy atom. The third-order valence-electron chi connectivity index (χ3n) is 1.76. The standard InChI is InChI=1S/C9H10FNO3/c10-3-1-4-11-5-2-8(12)7(6-11)9(13)14/h2,5-6H,1,3-4H2,(H,13,14). The second kappa shape index (κ2) is 4.55. The fourth-order valence-corrected chi connectivity index (χ4v) is 1.07. The molecular weight excluding hydrogens is 189 g/mol. The SMILES string of the molecule is O=C(O)c1cn(CCCF)ccc1=O. The van der Waals surface area contributed by atoms with Gasteiger partial charge in [0, 0.05) is 25.0 Å². The summed E-state index contributed by atoms with van der Waals surface area (Å²) in [5.41, 5.74) is -0.819. The number of rotatable bonds is 4. The lowest BCUT2D eigenvalue weighted by Gasteiger charge is -2.04. The van der Waals surface area contributed by atoms with Crippen molar-refractivity contribution in [3.8, 4) is 0 Å². The van der Waals surface area contributed by atoms with Crippen LogP contribution in [0.5, 0.6) is 0 Å². The summed E-state index contributed by atoms with van der Waals surface area (Å²) >= 11 is 0. The summed E-state index contributed by atoms with van der Waals surface area (Å²) in [6, 6.07) is 1.17. The Morgan fingerprint density at radius 2 is 2.29 bits per heavy atom. The van der Waals surface area contributed by atoms with E-state index in [9.17, 15) is 14.0 Å². The summed E-state index contributed by atoms with van der Waals surface area (Å²) in [6.07, 6.45) is 2.98. The quantitative estimate of drug-likeness (QED) is 0.783. The molecule has 0 saturated carbocycles. The predicted molar refractivity (Wildman–Crippen MR) is 48.3 cm³/mol. The van der Waals surface area contributed by atoms with E-state index in [4.69, 9.17) is 5.11 Å². The first-order valence-corrected chi connectivity index (χ1v) is 4.14. The molecule has 0 aliphatic carbocycles. The summed E-state index contributed by atoms with van der Waals surface area (Å²) in [6.45, 7) is -0.0917. The number of aromatic nitrogens is 1. The number of hydrogen-bond donors (Lipinski definition) is 1. The van der Waals surface area contributed by atoms with Gasteiger partial charge in [-0.1, -0.05) is 0 Å². The molecule has 5 heteroatoms. The van der Waals surface area contributed by atoms with Crippen molar-refractivity contribution in [3.05, 3.63) is 34.2 Å². The Bertz CT molecular complexity index is 386. The summed E-state index contributed by atoms with van der Waals surface area (Å²) in [5, 5.41) is 8.63. The summed E-state index contributed by atoms with van der Waals surface area (Å²) in [7, 11) is 0. The Kier molecular flexibility index (Phi) is 3.39. The normalized spacial score (nSPS) is 10.1. The van der Waals surface area contributed by atoms with E-state index in [1.165, 1.54) is 23.0 Å². The molecule has 0 bridgehead atoms. The van der Waals surface area contributed by atoms with Gasteiger partial charge in [-0.15, -0.1) is 0 Å². The van der Waals surface area contributed by atoms with E-state index >= 15 is 0 Å². The van der Waals surface area contributed by atoms with Gasteiger partial charge in [-0.2, -0.15) is 0 Å². The van der Waals surface area contributed by atoms with E-state index in [1.54, 1.807) is 0 Å². The van der Waals surface area contributed by atoms with Crippen LogP contribution in [0.25, 0.3) is 0 Å².